The van der Waals surface area contributed by atoms with Crippen molar-refractivity contribution in [3.05, 3.63) is 36.5 Å². The van der Waals surface area contributed by atoms with Crippen molar-refractivity contribution in [3.63, 3.8) is 0 Å². The molecule has 0 rings (SSSR count). The van der Waals surface area contributed by atoms with E-state index in [1.165, 1.54) is 77.0 Å². The fourth-order valence-corrected chi connectivity index (χ4v) is 5.80. The van der Waals surface area contributed by atoms with Crippen LogP contribution < -0.4 is 0 Å². The molecule has 0 saturated heterocycles. The summed E-state index contributed by atoms with van der Waals surface area (Å²) in [7, 11) is -4.62. The summed E-state index contributed by atoms with van der Waals surface area (Å²) in [6.45, 7) is 2.28. The second-order valence-corrected chi connectivity index (χ2v) is 14.4. The molecule has 0 heterocycles. The molecule has 292 valence electrons. The van der Waals surface area contributed by atoms with E-state index >= 15 is 0 Å². The van der Waals surface area contributed by atoms with Gasteiger partial charge in [0.15, 0.2) is 6.10 Å². The number of carbonyl (C=O) groups is 2. The number of rotatable bonds is 36. The quantitative estimate of drug-likeness (QED) is 0.0246. The molecule has 0 radical (unpaired) electrons. The summed E-state index contributed by atoms with van der Waals surface area (Å²) < 4.78 is 32.5. The van der Waals surface area contributed by atoms with E-state index in [9.17, 15) is 24.2 Å². The van der Waals surface area contributed by atoms with Crippen molar-refractivity contribution in [3.8, 4) is 0 Å². The Morgan fingerprint density at radius 3 is 1.62 bits per heavy atom. The number of ether oxygens (including phenoxy) is 2. The van der Waals surface area contributed by atoms with Crippen LogP contribution in [0.5, 0.6) is 0 Å². The van der Waals surface area contributed by atoms with Crippen LogP contribution in [0.15, 0.2) is 36.5 Å². The molecule has 0 aromatic carbocycles. The van der Waals surface area contributed by atoms with Crippen molar-refractivity contribution in [2.75, 3.05) is 26.4 Å². The van der Waals surface area contributed by atoms with E-state index in [1.54, 1.807) is 0 Å². The summed E-state index contributed by atoms with van der Waals surface area (Å²) in [6.07, 6.45) is 34.1. The molecule has 0 spiro atoms. The van der Waals surface area contributed by atoms with Crippen LogP contribution in [0.3, 0.4) is 0 Å². The van der Waals surface area contributed by atoms with E-state index in [2.05, 4.69) is 48.8 Å². The minimum Gasteiger partial charge on any atom is -0.462 e. The second-order valence-electron chi connectivity index (χ2n) is 13.0. The standard InChI is InChI=1S/C39H71O10P/c1-3-5-7-9-11-13-15-16-17-18-19-20-21-23-24-26-28-30-38(42)46-34-37(35-48-50(44,45)47-33-36(41)32-40)49-39(43)31-29-27-25-22-14-12-10-8-6-4-2/h16-17,19-20,23-24,36-37,40-41H,3-15,18,21-22,25-35H2,1-2H3,(H,44,45)/b17-16+,20-19+,24-23+/t36-,37+/m1/s1. The highest BCUT2D eigenvalue weighted by Crippen LogP contribution is 2.43. The summed E-state index contributed by atoms with van der Waals surface area (Å²) in [5, 5.41) is 18.3. The molecule has 10 nitrogen and oxygen atoms in total. The Bertz CT molecular complexity index is 936. The van der Waals surface area contributed by atoms with Crippen LogP contribution in [0.25, 0.3) is 0 Å². The molecule has 0 amide bonds. The number of aliphatic hydroxyl groups excluding tert-OH is 2. The first-order valence-corrected chi connectivity index (χ1v) is 20.9. The molecule has 0 aromatic rings. The number of aliphatic hydroxyl groups is 2. The Labute approximate surface area is 303 Å². The van der Waals surface area contributed by atoms with E-state index in [4.69, 9.17) is 19.1 Å². The van der Waals surface area contributed by atoms with Gasteiger partial charge in [0.2, 0.25) is 0 Å². The van der Waals surface area contributed by atoms with E-state index in [0.717, 1.165) is 38.5 Å². The number of unbranched alkanes of at least 4 members (excludes halogenated alkanes) is 16. The Balaban J connectivity index is 4.41. The van der Waals surface area contributed by atoms with Crippen molar-refractivity contribution >= 4 is 19.8 Å². The number of allylic oxidation sites excluding steroid dienone is 6. The smallest absolute Gasteiger partial charge is 0.462 e. The maximum absolute atomic E-state index is 12.5. The van der Waals surface area contributed by atoms with Gasteiger partial charge in [-0.1, -0.05) is 140 Å². The maximum atomic E-state index is 12.5. The van der Waals surface area contributed by atoms with Gasteiger partial charge in [-0.05, 0) is 44.9 Å². The van der Waals surface area contributed by atoms with E-state index < -0.39 is 51.8 Å². The molecule has 3 atom stereocenters. The average molecular weight is 731 g/mol. The third-order valence-electron chi connectivity index (χ3n) is 8.05. The summed E-state index contributed by atoms with van der Waals surface area (Å²) in [4.78, 5) is 34.7. The number of hydrogen-bond acceptors (Lipinski definition) is 9. The van der Waals surface area contributed by atoms with Gasteiger partial charge in [0.05, 0.1) is 19.8 Å². The number of carbonyl (C=O) groups excluding carboxylic acids is 2. The van der Waals surface area contributed by atoms with Crippen LogP contribution in [-0.2, 0) is 32.7 Å². The lowest BCUT2D eigenvalue weighted by atomic mass is 10.1. The summed E-state index contributed by atoms with van der Waals surface area (Å²) in [5.41, 5.74) is 0. The Morgan fingerprint density at radius 2 is 1.06 bits per heavy atom. The highest BCUT2D eigenvalue weighted by Gasteiger charge is 2.27. The van der Waals surface area contributed by atoms with Crippen molar-refractivity contribution in [1.29, 1.82) is 0 Å². The van der Waals surface area contributed by atoms with Crippen LogP contribution in [0, 0.1) is 0 Å². The van der Waals surface area contributed by atoms with Crippen molar-refractivity contribution in [1.82, 2.24) is 0 Å². The molecule has 0 bridgehead atoms. The zero-order chi connectivity index (χ0) is 37.0. The van der Waals surface area contributed by atoms with Crippen LogP contribution in [0.1, 0.15) is 162 Å². The molecule has 0 fully saturated rings. The van der Waals surface area contributed by atoms with Gasteiger partial charge >= 0.3 is 19.8 Å². The third kappa shape index (κ3) is 34.6. The fraction of sp³-hybridized carbons (Fsp3) is 0.795. The van der Waals surface area contributed by atoms with Crippen molar-refractivity contribution in [2.45, 2.75) is 174 Å². The van der Waals surface area contributed by atoms with E-state index in [0.29, 0.717) is 19.3 Å². The predicted octanol–water partition coefficient (Wildman–Crippen LogP) is 9.61. The third-order valence-corrected chi connectivity index (χ3v) is 9.00. The Hall–Kier alpha value is -1.81. The Kier molecular flexibility index (Phi) is 34.3. The minimum absolute atomic E-state index is 0.171. The van der Waals surface area contributed by atoms with Crippen molar-refractivity contribution in [2.24, 2.45) is 0 Å². The van der Waals surface area contributed by atoms with Gasteiger partial charge in [0.25, 0.3) is 0 Å². The molecule has 0 aliphatic rings. The summed E-state index contributed by atoms with van der Waals surface area (Å²) in [5.74, 6) is -0.988. The molecular weight excluding hydrogens is 659 g/mol. The van der Waals surface area contributed by atoms with Gasteiger partial charge in [0.1, 0.15) is 12.7 Å². The topological polar surface area (TPSA) is 149 Å². The predicted molar refractivity (Wildman–Crippen MR) is 201 cm³/mol. The normalized spacial score (nSPS) is 14.4. The van der Waals surface area contributed by atoms with E-state index in [-0.39, 0.29) is 19.4 Å². The number of phosphoric ester groups is 1. The molecule has 3 N–H and O–H groups in total. The molecular formula is C39H71O10P. The molecule has 0 aliphatic heterocycles. The number of esters is 2. The zero-order valence-corrected chi connectivity index (χ0v) is 32.3. The SMILES string of the molecule is CCCCCCCC/C=C/C/C=C/C/C=C/CCCC(=O)OC[C@@H](COP(=O)(O)OC[C@H](O)CO)OC(=O)CCCCCCCCCCCC. The summed E-state index contributed by atoms with van der Waals surface area (Å²) in [6, 6.07) is 0. The monoisotopic (exact) mass is 730 g/mol. The molecule has 0 saturated carbocycles. The first-order valence-electron chi connectivity index (χ1n) is 19.4. The molecule has 0 aliphatic carbocycles. The lowest BCUT2D eigenvalue weighted by molar-refractivity contribution is -0.161. The van der Waals surface area contributed by atoms with Crippen LogP contribution in [0.4, 0.5) is 0 Å². The van der Waals surface area contributed by atoms with Gasteiger partial charge in [-0.3, -0.25) is 18.6 Å². The number of hydrogen-bond donors (Lipinski definition) is 3. The zero-order valence-electron chi connectivity index (χ0n) is 31.4. The van der Waals surface area contributed by atoms with Gasteiger partial charge in [-0.15, -0.1) is 0 Å². The molecule has 0 aromatic heterocycles. The molecule has 1 unspecified atom stereocenters. The summed E-state index contributed by atoms with van der Waals surface area (Å²) >= 11 is 0. The van der Waals surface area contributed by atoms with Gasteiger partial charge in [0, 0.05) is 12.8 Å². The average Bonchev–Trinajstić information content (AvgIpc) is 3.10. The maximum Gasteiger partial charge on any atom is 0.472 e. The highest BCUT2D eigenvalue weighted by molar-refractivity contribution is 7.47. The van der Waals surface area contributed by atoms with Crippen LogP contribution in [0.2, 0.25) is 0 Å². The van der Waals surface area contributed by atoms with Crippen LogP contribution in [-0.4, -0.2) is 65.7 Å². The van der Waals surface area contributed by atoms with E-state index in [1.807, 2.05) is 6.08 Å². The van der Waals surface area contributed by atoms with Gasteiger partial charge in [-0.2, -0.15) is 0 Å². The highest BCUT2D eigenvalue weighted by atomic mass is 31.2. The fourth-order valence-electron chi connectivity index (χ4n) is 5.01. The Morgan fingerprint density at radius 1 is 0.600 bits per heavy atom. The molecule has 50 heavy (non-hydrogen) atoms. The first-order chi connectivity index (χ1) is 24.2. The molecule has 11 heteroatoms. The van der Waals surface area contributed by atoms with Crippen LogP contribution >= 0.6 is 7.82 Å². The second kappa shape index (κ2) is 35.6. The van der Waals surface area contributed by atoms with Gasteiger partial charge in [-0.25, -0.2) is 4.57 Å². The largest absolute Gasteiger partial charge is 0.472 e. The lowest BCUT2D eigenvalue weighted by Gasteiger charge is -2.20. The van der Waals surface area contributed by atoms with Gasteiger partial charge < -0.3 is 24.6 Å². The minimum atomic E-state index is -4.62. The van der Waals surface area contributed by atoms with Crippen molar-refractivity contribution < 1.29 is 47.8 Å². The number of phosphoric acid groups is 1. The lowest BCUT2D eigenvalue weighted by Crippen LogP contribution is -2.29. The first kappa shape index (κ1) is 48.2.